The van der Waals surface area contributed by atoms with Crippen molar-refractivity contribution in [2.75, 3.05) is 11.9 Å². The minimum atomic E-state index is -0.00463. The third kappa shape index (κ3) is 3.69. The molecule has 4 aromatic rings. The third-order valence-electron chi connectivity index (χ3n) is 5.96. The zero-order valence-electron chi connectivity index (χ0n) is 18.5. The molecule has 0 radical (unpaired) electrons. The monoisotopic (exact) mass is 479 g/mol. The molecular formula is C28H21N3OS2. The number of para-hydroxylation sites is 1. The Hall–Kier alpha value is -3.48. The number of amidine groups is 1. The highest BCUT2D eigenvalue weighted by Crippen LogP contribution is 2.50. The number of carbonyl (C=O) groups excluding carboxylic acids is 1. The van der Waals surface area contributed by atoms with Gasteiger partial charge in [0.1, 0.15) is 4.91 Å². The first-order chi connectivity index (χ1) is 16.7. The van der Waals surface area contributed by atoms with Gasteiger partial charge in [-0.25, -0.2) is 4.99 Å². The second-order valence-electron chi connectivity index (χ2n) is 8.13. The van der Waals surface area contributed by atoms with Crippen molar-refractivity contribution in [2.45, 2.75) is 11.4 Å². The van der Waals surface area contributed by atoms with E-state index >= 15 is 0 Å². The van der Waals surface area contributed by atoms with Crippen LogP contribution in [0.3, 0.4) is 0 Å². The standard InChI is InChI=1S/C28H21N3OS2/c1-30-23-16-7-8-17-24(23)33-27(30)25-26(32)31(18-19-10-3-2-4-11-19)28(34-25)29-22-15-9-13-20-12-5-6-14-21(20)22/h2-17H,18H2,1H3/b27-25-,29-28?. The van der Waals surface area contributed by atoms with Crippen LogP contribution in [0.2, 0.25) is 0 Å². The van der Waals surface area contributed by atoms with Crippen molar-refractivity contribution < 1.29 is 4.79 Å². The number of aliphatic imine (C=N–C) groups is 1. The van der Waals surface area contributed by atoms with Crippen LogP contribution in [0.5, 0.6) is 0 Å². The molecular weight excluding hydrogens is 458 g/mol. The fourth-order valence-corrected chi connectivity index (χ4v) is 6.57. The number of amides is 1. The van der Waals surface area contributed by atoms with Crippen molar-refractivity contribution in [2.24, 2.45) is 4.99 Å². The number of rotatable bonds is 3. The van der Waals surface area contributed by atoms with E-state index < -0.39 is 0 Å². The minimum Gasteiger partial charge on any atom is -0.337 e. The molecule has 4 nitrogen and oxygen atoms in total. The smallest absolute Gasteiger partial charge is 0.269 e. The number of anilines is 1. The molecule has 166 valence electrons. The molecule has 1 fully saturated rings. The van der Waals surface area contributed by atoms with Gasteiger partial charge in [-0.15, -0.1) is 0 Å². The highest BCUT2D eigenvalue weighted by Gasteiger charge is 2.39. The molecule has 0 saturated carbocycles. The van der Waals surface area contributed by atoms with E-state index in [1.165, 1.54) is 11.8 Å². The van der Waals surface area contributed by atoms with Gasteiger partial charge >= 0.3 is 0 Å². The van der Waals surface area contributed by atoms with Gasteiger partial charge in [0.05, 0.1) is 22.9 Å². The molecule has 1 saturated heterocycles. The van der Waals surface area contributed by atoms with Crippen LogP contribution in [0.15, 0.2) is 117 Å². The van der Waals surface area contributed by atoms with E-state index in [4.69, 9.17) is 4.99 Å². The maximum Gasteiger partial charge on any atom is 0.269 e. The van der Waals surface area contributed by atoms with Gasteiger partial charge in [0, 0.05) is 17.3 Å². The van der Waals surface area contributed by atoms with Crippen molar-refractivity contribution in [3.05, 3.63) is 113 Å². The van der Waals surface area contributed by atoms with Crippen molar-refractivity contribution >= 4 is 56.7 Å². The fraction of sp³-hybridized carbons (Fsp3) is 0.0714. The summed E-state index contributed by atoms with van der Waals surface area (Å²) in [5.74, 6) is -0.00463. The summed E-state index contributed by atoms with van der Waals surface area (Å²) in [6, 6.07) is 32.7. The van der Waals surface area contributed by atoms with Gasteiger partial charge in [-0.05, 0) is 40.9 Å². The number of benzene rings is 4. The summed E-state index contributed by atoms with van der Waals surface area (Å²) in [6.07, 6.45) is 0. The van der Waals surface area contributed by atoms with Gasteiger partial charge in [0.15, 0.2) is 5.17 Å². The Labute approximate surface area is 207 Å². The van der Waals surface area contributed by atoms with Crippen LogP contribution in [0.25, 0.3) is 10.8 Å². The third-order valence-corrected chi connectivity index (χ3v) is 8.39. The Kier molecular flexibility index (Phi) is 5.40. The molecule has 2 aliphatic heterocycles. The maximum atomic E-state index is 13.8. The van der Waals surface area contributed by atoms with E-state index in [9.17, 15) is 4.79 Å². The molecule has 2 aliphatic rings. The molecule has 34 heavy (non-hydrogen) atoms. The fourth-order valence-electron chi connectivity index (χ4n) is 4.23. The van der Waals surface area contributed by atoms with E-state index in [0.717, 1.165) is 42.5 Å². The Bertz CT molecular complexity index is 1470. The molecule has 0 aromatic heterocycles. The predicted molar refractivity (Wildman–Crippen MR) is 143 cm³/mol. The van der Waals surface area contributed by atoms with E-state index in [-0.39, 0.29) is 5.91 Å². The van der Waals surface area contributed by atoms with Crippen LogP contribution in [-0.4, -0.2) is 23.0 Å². The van der Waals surface area contributed by atoms with E-state index in [1.54, 1.807) is 11.8 Å². The van der Waals surface area contributed by atoms with Gasteiger partial charge in [0.2, 0.25) is 0 Å². The lowest BCUT2D eigenvalue weighted by Crippen LogP contribution is -2.29. The summed E-state index contributed by atoms with van der Waals surface area (Å²) < 4.78 is 0. The quantitative estimate of drug-likeness (QED) is 0.296. The number of thioether (sulfide) groups is 2. The molecule has 6 heteroatoms. The molecule has 0 atom stereocenters. The average molecular weight is 480 g/mol. The Morgan fingerprint density at radius 1 is 0.794 bits per heavy atom. The van der Waals surface area contributed by atoms with Crippen molar-refractivity contribution in [3.63, 3.8) is 0 Å². The molecule has 0 aliphatic carbocycles. The molecule has 0 spiro atoms. The second kappa shape index (κ2) is 8.70. The lowest BCUT2D eigenvalue weighted by Gasteiger charge is -2.17. The molecule has 0 unspecified atom stereocenters. The first-order valence-electron chi connectivity index (χ1n) is 11.0. The van der Waals surface area contributed by atoms with Crippen molar-refractivity contribution in [1.82, 2.24) is 4.90 Å². The highest BCUT2D eigenvalue weighted by atomic mass is 32.2. The molecule has 2 heterocycles. The van der Waals surface area contributed by atoms with Crippen LogP contribution in [0.1, 0.15) is 5.56 Å². The van der Waals surface area contributed by atoms with E-state index in [0.29, 0.717) is 11.7 Å². The summed E-state index contributed by atoms with van der Waals surface area (Å²) >= 11 is 3.11. The molecule has 1 amide bonds. The first-order valence-corrected chi connectivity index (χ1v) is 12.7. The molecule has 4 aromatic carbocycles. The van der Waals surface area contributed by atoms with Crippen LogP contribution in [0, 0.1) is 0 Å². The Balaban J connectivity index is 1.45. The summed E-state index contributed by atoms with van der Waals surface area (Å²) in [5.41, 5.74) is 3.06. The van der Waals surface area contributed by atoms with Gasteiger partial charge in [-0.2, -0.15) is 0 Å². The maximum absolute atomic E-state index is 13.8. The summed E-state index contributed by atoms with van der Waals surface area (Å²) in [6.45, 7) is 0.481. The summed E-state index contributed by atoms with van der Waals surface area (Å²) in [5, 5.41) is 3.87. The van der Waals surface area contributed by atoms with Crippen LogP contribution >= 0.6 is 23.5 Å². The SMILES string of the molecule is CN1/C(=C2/SC(=Nc3cccc4ccccc34)N(Cc3ccccc3)C2=O)Sc2ccccc21. The molecule has 0 N–H and O–H groups in total. The van der Waals surface area contributed by atoms with Gasteiger partial charge in [-0.1, -0.05) is 90.6 Å². The van der Waals surface area contributed by atoms with Gasteiger partial charge < -0.3 is 4.90 Å². The normalized spacial score (nSPS) is 18.9. The average Bonchev–Trinajstić information content (AvgIpc) is 3.36. The van der Waals surface area contributed by atoms with Gasteiger partial charge in [-0.3, -0.25) is 9.69 Å². The lowest BCUT2D eigenvalue weighted by atomic mass is 10.1. The summed E-state index contributed by atoms with van der Waals surface area (Å²) in [4.78, 5) is 24.6. The van der Waals surface area contributed by atoms with Gasteiger partial charge in [0.25, 0.3) is 5.91 Å². The highest BCUT2D eigenvalue weighted by molar-refractivity contribution is 8.19. The zero-order chi connectivity index (χ0) is 23.1. The zero-order valence-corrected chi connectivity index (χ0v) is 20.1. The largest absolute Gasteiger partial charge is 0.337 e. The number of carbonyl (C=O) groups is 1. The van der Waals surface area contributed by atoms with Crippen LogP contribution in [0.4, 0.5) is 11.4 Å². The lowest BCUT2D eigenvalue weighted by molar-refractivity contribution is -0.122. The second-order valence-corrected chi connectivity index (χ2v) is 10.1. The van der Waals surface area contributed by atoms with E-state index in [1.807, 2.05) is 78.7 Å². The van der Waals surface area contributed by atoms with Crippen molar-refractivity contribution in [3.8, 4) is 0 Å². The summed E-state index contributed by atoms with van der Waals surface area (Å²) in [7, 11) is 2.02. The Morgan fingerprint density at radius 3 is 2.38 bits per heavy atom. The number of hydrogen-bond donors (Lipinski definition) is 0. The topological polar surface area (TPSA) is 35.9 Å². The van der Waals surface area contributed by atoms with Crippen molar-refractivity contribution in [1.29, 1.82) is 0 Å². The number of hydrogen-bond acceptors (Lipinski definition) is 5. The number of nitrogens with zero attached hydrogens (tertiary/aromatic N) is 3. The molecule has 0 bridgehead atoms. The van der Waals surface area contributed by atoms with E-state index in [2.05, 4.69) is 35.2 Å². The predicted octanol–water partition coefficient (Wildman–Crippen LogP) is 7.01. The van der Waals surface area contributed by atoms with Crippen LogP contribution < -0.4 is 4.90 Å². The molecule has 6 rings (SSSR count). The van der Waals surface area contributed by atoms with Crippen LogP contribution in [-0.2, 0) is 11.3 Å². The Morgan fingerprint density at radius 2 is 1.53 bits per heavy atom. The number of fused-ring (bicyclic) bond motifs is 2. The first kappa shape index (κ1) is 21.1. The minimum absolute atomic E-state index is 0.00463.